The first kappa shape index (κ1) is 20.7. The van der Waals surface area contributed by atoms with Crippen LogP contribution in [0.4, 0.5) is 11.4 Å². The molecular weight excluding hydrogens is 378 g/mol. The molecule has 0 amide bonds. The average Bonchev–Trinajstić information content (AvgIpc) is 2.79. The van der Waals surface area contributed by atoms with Crippen molar-refractivity contribution in [1.82, 2.24) is 4.90 Å². The van der Waals surface area contributed by atoms with E-state index in [1.54, 1.807) is 6.07 Å². The molecule has 0 aliphatic carbocycles. The number of anilines is 2. The van der Waals surface area contributed by atoms with Crippen LogP contribution in [0.1, 0.15) is 24.8 Å². The number of phenolic OH excluding ortho intramolecular Hbond substituents is 1. The van der Waals surface area contributed by atoms with E-state index in [1.165, 1.54) is 5.56 Å². The molecule has 0 spiro atoms. The molecular formula is C24H31N3O3. The first-order chi connectivity index (χ1) is 14.8. The van der Waals surface area contributed by atoms with Crippen LogP contribution in [-0.2, 0) is 16.1 Å². The predicted molar refractivity (Wildman–Crippen MR) is 119 cm³/mol. The van der Waals surface area contributed by atoms with E-state index in [9.17, 15) is 9.90 Å². The van der Waals surface area contributed by atoms with E-state index in [4.69, 9.17) is 4.84 Å². The molecule has 1 atom stereocenters. The number of hydroxylamine groups is 1. The van der Waals surface area contributed by atoms with Crippen molar-refractivity contribution in [3.05, 3.63) is 54.1 Å². The number of nitrogens with zero attached hydrogens (tertiary/aromatic N) is 3. The van der Waals surface area contributed by atoms with Gasteiger partial charge in [-0.25, -0.2) is 5.06 Å². The number of carbonyl (C=O) groups excluding carboxylic acids is 1. The number of carbonyl (C=O) groups is 1. The standard InChI is InChI=1S/C24H31N3O3/c28-19-21-12-11-20-7-1-2-8-22(20)27(21)30-18-6-5-13-25-14-16-26(17-15-25)23-9-3-4-10-24(23)29/h1-4,7-10,19,21,29H,5-6,11-18H2. The van der Waals surface area contributed by atoms with Crippen LogP contribution < -0.4 is 9.96 Å². The van der Waals surface area contributed by atoms with Crippen molar-refractivity contribution in [3.8, 4) is 5.75 Å². The van der Waals surface area contributed by atoms with Gasteiger partial charge in [0.2, 0.25) is 0 Å². The van der Waals surface area contributed by atoms with E-state index < -0.39 is 0 Å². The smallest absolute Gasteiger partial charge is 0.145 e. The second-order valence-electron chi connectivity index (χ2n) is 8.05. The molecule has 1 N–H and O–H groups in total. The van der Waals surface area contributed by atoms with Gasteiger partial charge in [0, 0.05) is 26.2 Å². The maximum atomic E-state index is 11.5. The second-order valence-corrected chi connectivity index (χ2v) is 8.05. The Bertz CT molecular complexity index is 836. The zero-order valence-corrected chi connectivity index (χ0v) is 17.4. The molecule has 2 aromatic carbocycles. The Morgan fingerprint density at radius 3 is 2.47 bits per heavy atom. The molecule has 2 aromatic rings. The number of aromatic hydroxyl groups is 1. The van der Waals surface area contributed by atoms with E-state index in [0.29, 0.717) is 12.4 Å². The van der Waals surface area contributed by atoms with Crippen LogP contribution >= 0.6 is 0 Å². The highest BCUT2D eigenvalue weighted by Crippen LogP contribution is 2.30. The van der Waals surface area contributed by atoms with Crippen molar-refractivity contribution in [1.29, 1.82) is 0 Å². The lowest BCUT2D eigenvalue weighted by molar-refractivity contribution is -0.111. The number of para-hydroxylation sites is 3. The number of hydrogen-bond acceptors (Lipinski definition) is 6. The normalized spacial score (nSPS) is 19.5. The van der Waals surface area contributed by atoms with Crippen LogP contribution in [-0.4, -0.2) is 61.7 Å². The number of piperazine rings is 1. The summed E-state index contributed by atoms with van der Waals surface area (Å²) < 4.78 is 0. The minimum absolute atomic E-state index is 0.192. The van der Waals surface area contributed by atoms with Crippen molar-refractivity contribution in [2.75, 3.05) is 49.3 Å². The van der Waals surface area contributed by atoms with Crippen LogP contribution in [0.15, 0.2) is 48.5 Å². The number of aryl methyl sites for hydroxylation is 1. The highest BCUT2D eigenvalue weighted by Gasteiger charge is 2.26. The molecule has 6 nitrogen and oxygen atoms in total. The zero-order chi connectivity index (χ0) is 20.8. The SMILES string of the molecule is O=CC1CCc2ccccc2N1OCCCCN1CCN(c2ccccc2O)CC1. The van der Waals surface area contributed by atoms with Gasteiger partial charge < -0.3 is 14.8 Å². The highest BCUT2D eigenvalue weighted by atomic mass is 16.7. The average molecular weight is 410 g/mol. The summed E-state index contributed by atoms with van der Waals surface area (Å²) in [5, 5.41) is 11.9. The van der Waals surface area contributed by atoms with Crippen LogP contribution in [0.25, 0.3) is 0 Å². The fourth-order valence-corrected chi connectivity index (χ4v) is 4.37. The molecule has 0 aromatic heterocycles. The lowest BCUT2D eigenvalue weighted by Crippen LogP contribution is -2.46. The third-order valence-electron chi connectivity index (χ3n) is 6.09. The molecule has 1 fully saturated rings. The van der Waals surface area contributed by atoms with Crippen molar-refractivity contribution in [2.45, 2.75) is 31.7 Å². The molecule has 0 saturated carbocycles. The van der Waals surface area contributed by atoms with Crippen molar-refractivity contribution >= 4 is 17.7 Å². The van der Waals surface area contributed by atoms with Gasteiger partial charge in [0.15, 0.2) is 0 Å². The van der Waals surface area contributed by atoms with E-state index in [1.807, 2.05) is 41.5 Å². The summed E-state index contributed by atoms with van der Waals surface area (Å²) in [5.41, 5.74) is 3.20. The molecule has 0 bridgehead atoms. The summed E-state index contributed by atoms with van der Waals surface area (Å²) in [5.74, 6) is 0.357. The summed E-state index contributed by atoms with van der Waals surface area (Å²) in [6, 6.07) is 15.5. The Balaban J connectivity index is 1.18. The number of fused-ring (bicyclic) bond motifs is 1. The lowest BCUT2D eigenvalue weighted by atomic mass is 9.98. The Morgan fingerprint density at radius 2 is 1.70 bits per heavy atom. The Hall–Kier alpha value is -2.57. The van der Waals surface area contributed by atoms with Gasteiger partial charge in [0.25, 0.3) is 0 Å². The number of unbranched alkanes of at least 4 members (excludes halogenated alkanes) is 1. The molecule has 6 heteroatoms. The molecule has 30 heavy (non-hydrogen) atoms. The van der Waals surface area contributed by atoms with Crippen molar-refractivity contribution in [2.24, 2.45) is 0 Å². The van der Waals surface area contributed by atoms with Crippen molar-refractivity contribution in [3.63, 3.8) is 0 Å². The van der Waals surface area contributed by atoms with E-state index in [2.05, 4.69) is 15.9 Å². The maximum absolute atomic E-state index is 11.5. The quantitative estimate of drug-likeness (QED) is 0.534. The number of hydrogen-bond donors (Lipinski definition) is 1. The largest absolute Gasteiger partial charge is 0.506 e. The minimum Gasteiger partial charge on any atom is -0.506 e. The number of phenols is 1. The van der Waals surface area contributed by atoms with Crippen LogP contribution in [0, 0.1) is 0 Å². The third kappa shape index (κ3) is 4.77. The summed E-state index contributed by atoms with van der Waals surface area (Å²) in [7, 11) is 0. The van der Waals surface area contributed by atoms with Gasteiger partial charge in [-0.3, -0.25) is 9.74 Å². The fourth-order valence-electron chi connectivity index (χ4n) is 4.37. The van der Waals surface area contributed by atoms with Gasteiger partial charge in [0.05, 0.1) is 18.0 Å². The molecule has 0 radical (unpaired) electrons. The molecule has 1 unspecified atom stereocenters. The Morgan fingerprint density at radius 1 is 0.967 bits per heavy atom. The van der Waals surface area contributed by atoms with E-state index in [-0.39, 0.29) is 6.04 Å². The summed E-state index contributed by atoms with van der Waals surface area (Å²) >= 11 is 0. The van der Waals surface area contributed by atoms with Gasteiger partial charge in [-0.1, -0.05) is 30.3 Å². The molecule has 160 valence electrons. The minimum atomic E-state index is -0.192. The number of rotatable bonds is 8. The van der Waals surface area contributed by atoms with Gasteiger partial charge >= 0.3 is 0 Å². The van der Waals surface area contributed by atoms with Crippen LogP contribution in [0.5, 0.6) is 5.75 Å². The first-order valence-electron chi connectivity index (χ1n) is 11.0. The monoisotopic (exact) mass is 409 g/mol. The fraction of sp³-hybridized carbons (Fsp3) is 0.458. The van der Waals surface area contributed by atoms with E-state index >= 15 is 0 Å². The topological polar surface area (TPSA) is 56.2 Å². The molecule has 4 rings (SSSR count). The summed E-state index contributed by atoms with van der Waals surface area (Å²) in [4.78, 5) is 22.2. The van der Waals surface area contributed by atoms with Crippen molar-refractivity contribution < 1.29 is 14.7 Å². The first-order valence-corrected chi connectivity index (χ1v) is 11.0. The molecule has 2 aliphatic rings. The van der Waals surface area contributed by atoms with E-state index in [0.717, 1.165) is 76.1 Å². The maximum Gasteiger partial charge on any atom is 0.145 e. The Kier molecular flexibility index (Phi) is 6.87. The summed E-state index contributed by atoms with van der Waals surface area (Å²) in [6.45, 7) is 5.53. The zero-order valence-electron chi connectivity index (χ0n) is 17.4. The highest BCUT2D eigenvalue weighted by molar-refractivity contribution is 5.68. The third-order valence-corrected chi connectivity index (χ3v) is 6.09. The number of aldehydes is 1. The van der Waals surface area contributed by atoms with Gasteiger partial charge in [-0.15, -0.1) is 0 Å². The Labute approximate surface area is 178 Å². The van der Waals surface area contributed by atoms with Gasteiger partial charge in [-0.2, -0.15) is 0 Å². The molecule has 2 aliphatic heterocycles. The van der Waals surface area contributed by atoms with Crippen LogP contribution in [0.3, 0.4) is 0 Å². The lowest BCUT2D eigenvalue weighted by Gasteiger charge is -2.36. The second kappa shape index (κ2) is 9.96. The molecule has 2 heterocycles. The molecule has 1 saturated heterocycles. The van der Waals surface area contributed by atoms with Crippen LogP contribution in [0.2, 0.25) is 0 Å². The van der Waals surface area contributed by atoms with Gasteiger partial charge in [-0.05, 0) is 56.0 Å². The number of benzene rings is 2. The summed E-state index contributed by atoms with van der Waals surface area (Å²) in [6.07, 6.45) is 4.76. The van der Waals surface area contributed by atoms with Gasteiger partial charge in [0.1, 0.15) is 18.1 Å². The predicted octanol–water partition coefficient (Wildman–Crippen LogP) is 3.25.